The Bertz CT molecular complexity index is 539. The van der Waals surface area contributed by atoms with Crippen LogP contribution < -0.4 is 5.32 Å². The van der Waals surface area contributed by atoms with Crippen molar-refractivity contribution in [2.75, 3.05) is 6.54 Å². The zero-order valence-electron chi connectivity index (χ0n) is 10.8. The number of nitrogens with one attached hydrogen (secondary N) is 1. The van der Waals surface area contributed by atoms with Crippen molar-refractivity contribution in [3.05, 3.63) is 46.2 Å². The zero-order chi connectivity index (χ0) is 14.6. The van der Waals surface area contributed by atoms with Crippen molar-refractivity contribution in [2.45, 2.75) is 25.6 Å². The van der Waals surface area contributed by atoms with Crippen molar-refractivity contribution >= 4 is 11.3 Å². The van der Waals surface area contributed by atoms with Gasteiger partial charge in [0, 0.05) is 17.3 Å². The van der Waals surface area contributed by atoms with Gasteiger partial charge in [-0.3, -0.25) is 4.98 Å². The quantitative estimate of drug-likeness (QED) is 0.916. The molecule has 2 rings (SSSR count). The minimum Gasteiger partial charge on any atom is -0.304 e. The van der Waals surface area contributed by atoms with E-state index in [1.807, 2.05) is 13.0 Å². The molecule has 7 heteroatoms. The molecule has 1 unspecified atom stereocenters. The Hall–Kier alpha value is -1.47. The molecule has 20 heavy (non-hydrogen) atoms. The summed E-state index contributed by atoms with van der Waals surface area (Å²) in [4.78, 5) is 8.20. The smallest absolute Gasteiger partial charge is 0.304 e. The normalized spacial score (nSPS) is 13.4. The molecule has 0 saturated heterocycles. The topological polar surface area (TPSA) is 37.8 Å². The van der Waals surface area contributed by atoms with E-state index in [0.717, 1.165) is 6.42 Å². The van der Waals surface area contributed by atoms with E-state index in [9.17, 15) is 13.2 Å². The number of pyridine rings is 1. The molecule has 2 aromatic heterocycles. The van der Waals surface area contributed by atoms with Gasteiger partial charge >= 0.3 is 6.18 Å². The van der Waals surface area contributed by atoms with E-state index in [0.29, 0.717) is 28.5 Å². The van der Waals surface area contributed by atoms with E-state index in [1.165, 1.54) is 6.20 Å². The van der Waals surface area contributed by atoms with Crippen LogP contribution >= 0.6 is 11.3 Å². The Morgan fingerprint density at radius 2 is 2.10 bits per heavy atom. The maximum atomic E-state index is 12.6. The third-order valence-electron chi connectivity index (χ3n) is 2.63. The van der Waals surface area contributed by atoms with E-state index in [2.05, 4.69) is 15.3 Å². The van der Waals surface area contributed by atoms with Crippen LogP contribution in [-0.2, 0) is 6.18 Å². The summed E-state index contributed by atoms with van der Waals surface area (Å²) in [5.41, 5.74) is 0.693. The Labute approximate surface area is 118 Å². The molecule has 0 spiro atoms. The number of alkyl halides is 3. The van der Waals surface area contributed by atoms with Crippen LogP contribution in [0.1, 0.15) is 35.0 Å². The number of hydrogen-bond acceptors (Lipinski definition) is 4. The number of hydrogen-bond donors (Lipinski definition) is 1. The van der Waals surface area contributed by atoms with Crippen LogP contribution in [-0.4, -0.2) is 16.5 Å². The van der Waals surface area contributed by atoms with Crippen LogP contribution in [0.15, 0.2) is 30.6 Å². The summed E-state index contributed by atoms with van der Waals surface area (Å²) in [7, 11) is 0. The van der Waals surface area contributed by atoms with Crippen molar-refractivity contribution in [2.24, 2.45) is 0 Å². The van der Waals surface area contributed by atoms with Gasteiger partial charge in [0.15, 0.2) is 5.01 Å². The number of aromatic nitrogens is 2. The van der Waals surface area contributed by atoms with Crippen molar-refractivity contribution in [1.82, 2.24) is 15.3 Å². The highest BCUT2D eigenvalue weighted by atomic mass is 32.1. The van der Waals surface area contributed by atoms with Crippen LogP contribution in [0, 0.1) is 0 Å². The van der Waals surface area contributed by atoms with Crippen LogP contribution in [0.2, 0.25) is 0 Å². The fourth-order valence-corrected chi connectivity index (χ4v) is 2.61. The van der Waals surface area contributed by atoms with Crippen LogP contribution in [0.3, 0.4) is 0 Å². The van der Waals surface area contributed by atoms with Gasteiger partial charge < -0.3 is 5.32 Å². The van der Waals surface area contributed by atoms with Gasteiger partial charge in [-0.25, -0.2) is 4.98 Å². The lowest BCUT2D eigenvalue weighted by Gasteiger charge is -2.16. The molecule has 0 radical (unpaired) electrons. The highest BCUT2D eigenvalue weighted by Gasteiger charge is 2.35. The summed E-state index contributed by atoms with van der Waals surface area (Å²) in [6.07, 6.45) is -0.617. The van der Waals surface area contributed by atoms with Crippen molar-refractivity contribution in [3.63, 3.8) is 0 Å². The maximum absolute atomic E-state index is 12.6. The Kier molecular flexibility index (Phi) is 4.72. The molecule has 0 amide bonds. The number of halogens is 3. The van der Waals surface area contributed by atoms with Gasteiger partial charge in [-0.2, -0.15) is 13.2 Å². The maximum Gasteiger partial charge on any atom is 0.443 e. The summed E-state index contributed by atoms with van der Waals surface area (Å²) in [5.74, 6) is 0. The van der Waals surface area contributed by atoms with Gasteiger partial charge in [-0.05, 0) is 25.1 Å². The van der Waals surface area contributed by atoms with Gasteiger partial charge in [-0.1, -0.05) is 13.0 Å². The second-order valence-electron chi connectivity index (χ2n) is 4.21. The zero-order valence-corrected chi connectivity index (χ0v) is 11.6. The van der Waals surface area contributed by atoms with Crippen molar-refractivity contribution in [3.8, 4) is 0 Å². The van der Waals surface area contributed by atoms with E-state index < -0.39 is 11.2 Å². The van der Waals surface area contributed by atoms with E-state index in [1.54, 1.807) is 18.3 Å². The Balaban J connectivity index is 2.29. The fourth-order valence-electron chi connectivity index (χ4n) is 1.74. The molecule has 2 aromatic rings. The molecule has 3 nitrogen and oxygen atoms in total. The summed E-state index contributed by atoms with van der Waals surface area (Å²) in [6.45, 7) is 2.69. The number of thiazole rings is 1. The Morgan fingerprint density at radius 1 is 1.30 bits per heavy atom. The number of rotatable bonds is 5. The third kappa shape index (κ3) is 3.55. The first-order valence-corrected chi connectivity index (χ1v) is 7.01. The SMILES string of the molecule is CCCNC(c1ccccn1)c1cnc(C(F)(F)F)s1. The highest BCUT2D eigenvalue weighted by Crippen LogP contribution is 2.35. The molecular weight excluding hydrogens is 287 g/mol. The van der Waals surface area contributed by atoms with E-state index in [-0.39, 0.29) is 6.04 Å². The summed E-state index contributed by atoms with van der Waals surface area (Å²) in [6, 6.07) is 5.02. The molecule has 0 aliphatic heterocycles. The standard InChI is InChI=1S/C13H14F3N3S/c1-2-6-18-11(9-5-3-4-7-17-9)10-8-19-12(20-10)13(14,15)16/h3-5,7-8,11,18H,2,6H2,1H3. The number of nitrogens with zero attached hydrogens (tertiary/aromatic N) is 2. The van der Waals surface area contributed by atoms with Crippen molar-refractivity contribution in [1.29, 1.82) is 0 Å². The monoisotopic (exact) mass is 301 g/mol. The molecule has 1 N–H and O–H groups in total. The molecule has 0 aromatic carbocycles. The molecule has 0 aliphatic rings. The molecule has 0 saturated carbocycles. The highest BCUT2D eigenvalue weighted by molar-refractivity contribution is 7.11. The molecule has 0 bridgehead atoms. The first kappa shape index (κ1) is 14.9. The minimum absolute atomic E-state index is 0.357. The lowest BCUT2D eigenvalue weighted by atomic mass is 10.1. The van der Waals surface area contributed by atoms with Crippen molar-refractivity contribution < 1.29 is 13.2 Å². The first-order chi connectivity index (χ1) is 9.52. The van der Waals surface area contributed by atoms with Crippen LogP contribution in [0.5, 0.6) is 0 Å². The van der Waals surface area contributed by atoms with Gasteiger partial charge in [0.2, 0.25) is 0 Å². The second kappa shape index (κ2) is 6.32. The molecule has 108 valence electrons. The Morgan fingerprint density at radius 3 is 2.65 bits per heavy atom. The average molecular weight is 301 g/mol. The van der Waals surface area contributed by atoms with Gasteiger partial charge in [-0.15, -0.1) is 11.3 Å². The van der Waals surface area contributed by atoms with E-state index in [4.69, 9.17) is 0 Å². The summed E-state index contributed by atoms with van der Waals surface area (Å²) >= 11 is 0.655. The van der Waals surface area contributed by atoms with Gasteiger partial charge in [0.25, 0.3) is 0 Å². The lowest BCUT2D eigenvalue weighted by molar-refractivity contribution is -0.137. The molecule has 0 fully saturated rings. The van der Waals surface area contributed by atoms with Crippen LogP contribution in [0.25, 0.3) is 0 Å². The molecule has 2 heterocycles. The average Bonchev–Trinajstić information content (AvgIpc) is 2.90. The van der Waals surface area contributed by atoms with Crippen LogP contribution in [0.4, 0.5) is 13.2 Å². The fraction of sp³-hybridized carbons (Fsp3) is 0.385. The van der Waals surface area contributed by atoms with E-state index >= 15 is 0 Å². The summed E-state index contributed by atoms with van der Waals surface area (Å²) < 4.78 is 37.9. The lowest BCUT2D eigenvalue weighted by Crippen LogP contribution is -2.23. The minimum atomic E-state index is -4.40. The first-order valence-electron chi connectivity index (χ1n) is 6.19. The molecule has 0 aliphatic carbocycles. The van der Waals surface area contributed by atoms with Gasteiger partial charge in [0.1, 0.15) is 0 Å². The predicted molar refractivity (Wildman–Crippen MR) is 71.5 cm³/mol. The van der Waals surface area contributed by atoms with Gasteiger partial charge in [0.05, 0.1) is 11.7 Å². The largest absolute Gasteiger partial charge is 0.443 e. The molecular formula is C13H14F3N3S. The molecule has 1 atom stereocenters. The third-order valence-corrected chi connectivity index (χ3v) is 3.74. The summed E-state index contributed by atoms with van der Waals surface area (Å²) in [5, 5.41) is 2.38. The predicted octanol–water partition coefficient (Wildman–Crippen LogP) is 3.65. The second-order valence-corrected chi connectivity index (χ2v) is 5.27.